The smallest absolute Gasteiger partial charge is 0.211 e. The molecule has 19 heavy (non-hydrogen) atoms. The van der Waals surface area contributed by atoms with Crippen molar-refractivity contribution < 1.29 is 8.42 Å². The third kappa shape index (κ3) is 8.57. The molecule has 0 spiro atoms. The van der Waals surface area contributed by atoms with Crippen molar-refractivity contribution in [1.29, 1.82) is 0 Å². The molecule has 0 bridgehead atoms. The second kappa shape index (κ2) is 9.69. The summed E-state index contributed by atoms with van der Waals surface area (Å²) in [6.45, 7) is 7.78. The Morgan fingerprint density at radius 3 is 2.47 bits per heavy atom. The van der Waals surface area contributed by atoms with E-state index in [1.54, 1.807) is 0 Å². The van der Waals surface area contributed by atoms with Gasteiger partial charge in [-0.2, -0.15) is 0 Å². The molecule has 0 aliphatic carbocycles. The summed E-state index contributed by atoms with van der Waals surface area (Å²) < 4.78 is 26.1. The van der Waals surface area contributed by atoms with Crippen molar-refractivity contribution in [2.24, 2.45) is 0 Å². The summed E-state index contributed by atoms with van der Waals surface area (Å²) in [5.41, 5.74) is 0. The SMILES string of the molecule is CCCNCCCS(=O)(=O)NCCCN1CCCC1. The minimum absolute atomic E-state index is 0.230. The average molecular weight is 291 g/mol. The van der Waals surface area contributed by atoms with Crippen LogP contribution in [0.5, 0.6) is 0 Å². The predicted molar refractivity (Wildman–Crippen MR) is 79.9 cm³/mol. The highest BCUT2D eigenvalue weighted by Gasteiger charge is 2.12. The Morgan fingerprint density at radius 2 is 1.79 bits per heavy atom. The molecule has 0 atom stereocenters. The summed E-state index contributed by atoms with van der Waals surface area (Å²) in [6, 6.07) is 0. The van der Waals surface area contributed by atoms with Crippen LogP contribution in [0.1, 0.15) is 39.0 Å². The van der Waals surface area contributed by atoms with E-state index in [1.165, 1.54) is 25.9 Å². The number of hydrogen-bond acceptors (Lipinski definition) is 4. The zero-order valence-corrected chi connectivity index (χ0v) is 13.0. The van der Waals surface area contributed by atoms with Gasteiger partial charge in [0.25, 0.3) is 0 Å². The number of nitrogens with one attached hydrogen (secondary N) is 2. The molecule has 1 saturated heterocycles. The standard InChI is InChI=1S/C13H29N3O2S/c1-2-7-14-8-6-13-19(17,18)15-9-5-12-16-10-3-4-11-16/h14-15H,2-13H2,1H3. The van der Waals surface area contributed by atoms with Gasteiger partial charge in [-0.05, 0) is 64.8 Å². The molecule has 0 amide bonds. The largest absolute Gasteiger partial charge is 0.317 e. The van der Waals surface area contributed by atoms with Crippen LogP contribution in [0.25, 0.3) is 0 Å². The van der Waals surface area contributed by atoms with Crippen molar-refractivity contribution in [3.05, 3.63) is 0 Å². The average Bonchev–Trinajstić information content (AvgIpc) is 2.87. The van der Waals surface area contributed by atoms with E-state index in [1.807, 2.05) is 0 Å². The molecule has 2 N–H and O–H groups in total. The van der Waals surface area contributed by atoms with E-state index in [4.69, 9.17) is 0 Å². The van der Waals surface area contributed by atoms with Gasteiger partial charge in [0.05, 0.1) is 5.75 Å². The van der Waals surface area contributed by atoms with Crippen LogP contribution in [0, 0.1) is 0 Å². The van der Waals surface area contributed by atoms with Crippen LogP contribution in [0.15, 0.2) is 0 Å². The van der Waals surface area contributed by atoms with E-state index in [0.29, 0.717) is 13.0 Å². The Hall–Kier alpha value is -0.170. The van der Waals surface area contributed by atoms with E-state index in [2.05, 4.69) is 21.9 Å². The Morgan fingerprint density at radius 1 is 1.05 bits per heavy atom. The van der Waals surface area contributed by atoms with Gasteiger partial charge in [-0.15, -0.1) is 0 Å². The van der Waals surface area contributed by atoms with E-state index in [0.717, 1.165) is 32.5 Å². The molecule has 1 aliphatic rings. The molecule has 0 saturated carbocycles. The molecule has 1 rings (SSSR count). The molecule has 1 aliphatic heterocycles. The van der Waals surface area contributed by atoms with Crippen LogP contribution >= 0.6 is 0 Å². The minimum atomic E-state index is -3.07. The normalized spacial score (nSPS) is 17.1. The molecule has 0 aromatic carbocycles. The Kier molecular flexibility index (Phi) is 8.61. The van der Waals surface area contributed by atoms with Crippen LogP contribution < -0.4 is 10.0 Å². The van der Waals surface area contributed by atoms with E-state index < -0.39 is 10.0 Å². The van der Waals surface area contributed by atoms with Gasteiger partial charge in [0, 0.05) is 6.54 Å². The van der Waals surface area contributed by atoms with Crippen molar-refractivity contribution in [3.63, 3.8) is 0 Å². The first kappa shape index (κ1) is 16.9. The second-order valence-corrected chi connectivity index (χ2v) is 7.15. The number of nitrogens with zero attached hydrogens (tertiary/aromatic N) is 1. The first-order chi connectivity index (χ1) is 9.14. The van der Waals surface area contributed by atoms with Crippen LogP contribution in [0.4, 0.5) is 0 Å². The third-order valence-electron chi connectivity index (χ3n) is 3.37. The van der Waals surface area contributed by atoms with Crippen molar-refractivity contribution in [2.45, 2.75) is 39.0 Å². The predicted octanol–water partition coefficient (Wildman–Crippen LogP) is 0.781. The van der Waals surface area contributed by atoms with Gasteiger partial charge in [0.2, 0.25) is 10.0 Å². The topological polar surface area (TPSA) is 61.4 Å². The fraction of sp³-hybridized carbons (Fsp3) is 1.00. The van der Waals surface area contributed by atoms with Crippen LogP contribution in [-0.2, 0) is 10.0 Å². The van der Waals surface area contributed by atoms with E-state index in [9.17, 15) is 8.42 Å². The summed E-state index contributed by atoms with van der Waals surface area (Å²) >= 11 is 0. The lowest BCUT2D eigenvalue weighted by molar-refractivity contribution is 0.334. The lowest BCUT2D eigenvalue weighted by atomic mass is 10.4. The lowest BCUT2D eigenvalue weighted by Crippen LogP contribution is -2.31. The van der Waals surface area contributed by atoms with Gasteiger partial charge in [0.15, 0.2) is 0 Å². The van der Waals surface area contributed by atoms with E-state index >= 15 is 0 Å². The van der Waals surface area contributed by atoms with Crippen molar-refractivity contribution >= 4 is 10.0 Å². The molecule has 1 fully saturated rings. The quantitative estimate of drug-likeness (QED) is 0.552. The Balaban J connectivity index is 1.99. The van der Waals surface area contributed by atoms with Gasteiger partial charge in [0.1, 0.15) is 0 Å². The molecule has 0 aromatic heterocycles. The van der Waals surface area contributed by atoms with Crippen LogP contribution in [-0.4, -0.2) is 58.3 Å². The summed E-state index contributed by atoms with van der Waals surface area (Å²) in [6.07, 6.45) is 5.25. The third-order valence-corrected chi connectivity index (χ3v) is 4.84. The Labute approximate surface area is 118 Å². The molecule has 0 aromatic rings. The van der Waals surface area contributed by atoms with Gasteiger partial charge < -0.3 is 10.2 Å². The monoisotopic (exact) mass is 291 g/mol. The first-order valence-corrected chi connectivity index (χ1v) is 9.19. The summed E-state index contributed by atoms with van der Waals surface area (Å²) in [7, 11) is -3.07. The molecule has 5 nitrogen and oxygen atoms in total. The molecule has 0 radical (unpaired) electrons. The number of rotatable bonds is 11. The Bertz CT molecular complexity index is 314. The van der Waals surface area contributed by atoms with Gasteiger partial charge in [-0.25, -0.2) is 13.1 Å². The van der Waals surface area contributed by atoms with Crippen molar-refractivity contribution in [1.82, 2.24) is 14.9 Å². The fourth-order valence-electron chi connectivity index (χ4n) is 2.30. The number of hydrogen-bond donors (Lipinski definition) is 2. The van der Waals surface area contributed by atoms with Crippen LogP contribution in [0.2, 0.25) is 0 Å². The zero-order valence-electron chi connectivity index (χ0n) is 12.2. The molecule has 6 heteroatoms. The summed E-state index contributed by atoms with van der Waals surface area (Å²) in [5.74, 6) is 0.230. The zero-order chi connectivity index (χ0) is 14.0. The fourth-order valence-corrected chi connectivity index (χ4v) is 3.42. The summed E-state index contributed by atoms with van der Waals surface area (Å²) in [5, 5.41) is 3.21. The van der Waals surface area contributed by atoms with Gasteiger partial charge >= 0.3 is 0 Å². The second-order valence-electron chi connectivity index (χ2n) is 5.22. The molecular formula is C13H29N3O2S. The number of likely N-dealkylation sites (tertiary alicyclic amines) is 1. The highest BCUT2D eigenvalue weighted by atomic mass is 32.2. The maximum absolute atomic E-state index is 11.7. The molecule has 0 unspecified atom stereocenters. The van der Waals surface area contributed by atoms with Gasteiger partial charge in [-0.1, -0.05) is 6.92 Å². The highest BCUT2D eigenvalue weighted by Crippen LogP contribution is 2.06. The maximum Gasteiger partial charge on any atom is 0.211 e. The van der Waals surface area contributed by atoms with Gasteiger partial charge in [-0.3, -0.25) is 0 Å². The minimum Gasteiger partial charge on any atom is -0.317 e. The lowest BCUT2D eigenvalue weighted by Gasteiger charge is -2.14. The maximum atomic E-state index is 11.7. The van der Waals surface area contributed by atoms with Crippen molar-refractivity contribution in [2.75, 3.05) is 45.0 Å². The van der Waals surface area contributed by atoms with Crippen LogP contribution in [0.3, 0.4) is 0 Å². The van der Waals surface area contributed by atoms with Crippen molar-refractivity contribution in [3.8, 4) is 0 Å². The molecule has 114 valence electrons. The first-order valence-electron chi connectivity index (χ1n) is 7.54. The highest BCUT2D eigenvalue weighted by molar-refractivity contribution is 7.89. The van der Waals surface area contributed by atoms with E-state index in [-0.39, 0.29) is 5.75 Å². The molecule has 1 heterocycles. The summed E-state index contributed by atoms with van der Waals surface area (Å²) in [4.78, 5) is 2.41. The number of sulfonamides is 1. The molecular weight excluding hydrogens is 262 g/mol.